The Kier molecular flexibility index (Phi) is 4.73. The van der Waals surface area contributed by atoms with Gasteiger partial charge in [0, 0.05) is 23.3 Å². The zero-order valence-electron chi connectivity index (χ0n) is 21.7. The van der Waals surface area contributed by atoms with Gasteiger partial charge in [-0.05, 0) is 71.8 Å². The Morgan fingerprint density at radius 3 is 2.47 bits per heavy atom. The third-order valence-corrected chi connectivity index (χ3v) is 12.1. The Morgan fingerprint density at radius 2 is 1.81 bits per heavy atom. The Morgan fingerprint density at radius 1 is 1.11 bits per heavy atom. The lowest BCUT2D eigenvalue weighted by Crippen LogP contribution is -2.75. The van der Waals surface area contributed by atoms with Crippen molar-refractivity contribution in [3.63, 3.8) is 0 Å². The smallest absolute Gasteiger partial charge is 0.334 e. The van der Waals surface area contributed by atoms with Crippen molar-refractivity contribution >= 4 is 11.8 Å². The minimum atomic E-state index is -1.86. The Hall–Kier alpha value is -1.58. The number of aliphatic hydroxyl groups is 4. The second-order valence-electron chi connectivity index (χ2n) is 13.0. The summed E-state index contributed by atoms with van der Waals surface area (Å²) in [6, 6.07) is 0. The van der Waals surface area contributed by atoms with Gasteiger partial charge in [0.05, 0.1) is 17.1 Å². The lowest BCUT2D eigenvalue weighted by Gasteiger charge is -2.64. The first-order valence-electron chi connectivity index (χ1n) is 13.2. The number of ketones is 1. The molecule has 0 bridgehead atoms. The summed E-state index contributed by atoms with van der Waals surface area (Å²) in [4.78, 5) is 25.8. The number of ether oxygens (including phenoxy) is 2. The van der Waals surface area contributed by atoms with Crippen LogP contribution in [0.5, 0.6) is 0 Å². The number of cyclic esters (lactones) is 1. The van der Waals surface area contributed by atoms with Crippen LogP contribution in [0.2, 0.25) is 0 Å². The van der Waals surface area contributed by atoms with Crippen LogP contribution in [0.15, 0.2) is 23.3 Å². The molecule has 198 valence electrons. The van der Waals surface area contributed by atoms with Crippen molar-refractivity contribution in [2.24, 2.45) is 22.7 Å². The topological polar surface area (TPSA) is 137 Å². The monoisotopic (exact) mass is 502 g/mol. The van der Waals surface area contributed by atoms with E-state index in [4.69, 9.17) is 9.47 Å². The average molecular weight is 503 g/mol. The molecule has 1 spiro atoms. The predicted molar refractivity (Wildman–Crippen MR) is 127 cm³/mol. The van der Waals surface area contributed by atoms with E-state index in [-0.39, 0.29) is 31.0 Å². The van der Waals surface area contributed by atoms with Gasteiger partial charge in [-0.1, -0.05) is 18.6 Å². The van der Waals surface area contributed by atoms with E-state index in [0.717, 1.165) is 5.57 Å². The maximum Gasteiger partial charge on any atom is 0.334 e. The Bertz CT molecular complexity index is 1120. The molecule has 0 aromatic heterocycles. The number of esters is 1. The second kappa shape index (κ2) is 6.89. The van der Waals surface area contributed by atoms with Crippen LogP contribution in [0.4, 0.5) is 0 Å². The highest BCUT2D eigenvalue weighted by molar-refractivity contribution is 5.98. The molecule has 8 heteroatoms. The fourth-order valence-electron chi connectivity index (χ4n) is 9.36. The van der Waals surface area contributed by atoms with E-state index in [1.165, 1.54) is 6.92 Å². The molecule has 6 rings (SSSR count). The molecule has 11 atom stereocenters. The van der Waals surface area contributed by atoms with Gasteiger partial charge in [-0.3, -0.25) is 4.79 Å². The van der Waals surface area contributed by atoms with Gasteiger partial charge in [-0.2, -0.15) is 0 Å². The lowest BCUT2D eigenvalue weighted by atomic mass is 9.42. The molecule has 4 N–H and O–H groups in total. The van der Waals surface area contributed by atoms with Crippen LogP contribution >= 0.6 is 0 Å². The standard InChI is InChI=1S/C28H38O8/c1-14-13-18(35-22(31)15(14)2)25(5,32)28(34)12-11-26(33)19-16(8-10-23(26,28)3)24(4)17(29)7-6-9-27(24)21(36-27)20(19)30/h6-7,16,18-21,30,32-34H,8-13H2,1-5H3/t16-,18+,19-,20+,21+,23-,24-,25-,26+,27+,28-/m0/s1. The van der Waals surface area contributed by atoms with Gasteiger partial charge in [0.25, 0.3) is 0 Å². The molecule has 3 saturated carbocycles. The van der Waals surface area contributed by atoms with E-state index in [1.54, 1.807) is 19.9 Å². The highest BCUT2D eigenvalue weighted by Crippen LogP contribution is 2.75. The molecule has 4 aliphatic carbocycles. The van der Waals surface area contributed by atoms with Crippen molar-refractivity contribution < 1.29 is 39.5 Å². The van der Waals surface area contributed by atoms with Gasteiger partial charge < -0.3 is 29.9 Å². The molecule has 0 unspecified atom stereocenters. The molecule has 36 heavy (non-hydrogen) atoms. The van der Waals surface area contributed by atoms with Crippen LogP contribution in [0, 0.1) is 22.7 Å². The lowest BCUT2D eigenvalue weighted by molar-refractivity contribution is -0.290. The normalized spacial score (nSPS) is 55.2. The van der Waals surface area contributed by atoms with Crippen molar-refractivity contribution in [3.8, 4) is 0 Å². The van der Waals surface area contributed by atoms with Gasteiger partial charge in [-0.25, -0.2) is 4.79 Å². The minimum absolute atomic E-state index is 0.0441. The van der Waals surface area contributed by atoms with Gasteiger partial charge >= 0.3 is 5.97 Å². The fraction of sp³-hybridized carbons (Fsp3) is 0.786. The number of epoxide rings is 1. The summed E-state index contributed by atoms with van der Waals surface area (Å²) in [6.07, 6.45) is 2.74. The van der Waals surface area contributed by atoms with E-state index >= 15 is 0 Å². The number of rotatable bonds is 2. The number of carbonyl (C=O) groups excluding carboxylic acids is 2. The van der Waals surface area contributed by atoms with E-state index < -0.39 is 63.4 Å². The SMILES string of the molecule is CC1=C(C)C(=O)O[C@@H]([C@](C)(O)[C@]2(O)CC[C@@]3(O)[C@@H]4[C@@H](O)[C@H]5O[C@]56CC=CC(=O)[C@]6(C)[C@H]4CC[C@]23C)C1. The van der Waals surface area contributed by atoms with Gasteiger partial charge in [0.15, 0.2) is 5.78 Å². The maximum absolute atomic E-state index is 13.3. The van der Waals surface area contributed by atoms with Crippen LogP contribution in [0.3, 0.4) is 0 Å². The van der Waals surface area contributed by atoms with Crippen molar-refractivity contribution in [1.29, 1.82) is 0 Å². The highest BCUT2D eigenvalue weighted by atomic mass is 16.6. The Labute approximate surface area is 211 Å². The van der Waals surface area contributed by atoms with Gasteiger partial charge in [-0.15, -0.1) is 0 Å². The number of allylic oxidation sites excluding steroid dienone is 1. The molecule has 0 aromatic carbocycles. The summed E-state index contributed by atoms with van der Waals surface area (Å²) >= 11 is 0. The minimum Gasteiger partial charge on any atom is -0.455 e. The van der Waals surface area contributed by atoms with Crippen molar-refractivity contribution in [2.75, 3.05) is 0 Å². The molecule has 0 aromatic rings. The quantitative estimate of drug-likeness (QED) is 0.331. The third-order valence-electron chi connectivity index (χ3n) is 12.1. The number of aliphatic hydroxyl groups excluding tert-OH is 1. The number of fused-ring (bicyclic) bond motifs is 4. The third kappa shape index (κ3) is 2.40. The highest BCUT2D eigenvalue weighted by Gasteiger charge is 2.85. The summed E-state index contributed by atoms with van der Waals surface area (Å²) in [5.74, 6) is -1.61. The first-order valence-corrected chi connectivity index (χ1v) is 13.2. The zero-order chi connectivity index (χ0) is 26.3. The number of carbonyl (C=O) groups is 2. The van der Waals surface area contributed by atoms with E-state index in [0.29, 0.717) is 24.8 Å². The molecule has 8 nitrogen and oxygen atoms in total. The summed E-state index contributed by atoms with van der Waals surface area (Å²) < 4.78 is 11.7. The molecule has 2 heterocycles. The summed E-state index contributed by atoms with van der Waals surface area (Å²) in [7, 11) is 0. The molecular weight excluding hydrogens is 464 g/mol. The maximum atomic E-state index is 13.3. The van der Waals surface area contributed by atoms with E-state index in [1.807, 2.05) is 19.9 Å². The Balaban J connectivity index is 1.41. The molecular formula is C28H38O8. The van der Waals surface area contributed by atoms with Crippen molar-refractivity contribution in [2.45, 2.75) is 114 Å². The molecule has 0 radical (unpaired) electrons. The average Bonchev–Trinajstić information content (AvgIpc) is 3.51. The van der Waals surface area contributed by atoms with E-state index in [2.05, 4.69) is 0 Å². The fourth-order valence-corrected chi connectivity index (χ4v) is 9.36. The number of hydrogen-bond acceptors (Lipinski definition) is 8. The summed E-state index contributed by atoms with van der Waals surface area (Å²) in [5, 5.41) is 48.3. The molecule has 1 saturated heterocycles. The largest absolute Gasteiger partial charge is 0.455 e. The first-order chi connectivity index (χ1) is 16.6. The van der Waals surface area contributed by atoms with Crippen LogP contribution in [0.25, 0.3) is 0 Å². The second-order valence-corrected chi connectivity index (χ2v) is 13.0. The first kappa shape index (κ1) is 24.7. The predicted octanol–water partition coefficient (Wildman–Crippen LogP) is 1.73. The van der Waals surface area contributed by atoms with Crippen LogP contribution in [-0.4, -0.2) is 72.9 Å². The van der Waals surface area contributed by atoms with Crippen molar-refractivity contribution in [1.82, 2.24) is 0 Å². The summed E-state index contributed by atoms with van der Waals surface area (Å²) in [5.41, 5.74) is -6.77. The number of hydrogen-bond donors (Lipinski definition) is 4. The molecule has 2 aliphatic heterocycles. The van der Waals surface area contributed by atoms with Crippen LogP contribution in [0.1, 0.15) is 73.1 Å². The van der Waals surface area contributed by atoms with Crippen LogP contribution < -0.4 is 0 Å². The zero-order valence-corrected chi connectivity index (χ0v) is 21.7. The summed E-state index contributed by atoms with van der Waals surface area (Å²) in [6.45, 7) is 8.67. The van der Waals surface area contributed by atoms with E-state index in [9.17, 15) is 30.0 Å². The molecule has 4 fully saturated rings. The van der Waals surface area contributed by atoms with Crippen molar-refractivity contribution in [3.05, 3.63) is 23.3 Å². The van der Waals surface area contributed by atoms with Crippen LogP contribution in [-0.2, 0) is 19.1 Å². The van der Waals surface area contributed by atoms with Gasteiger partial charge in [0.2, 0.25) is 0 Å². The molecule has 6 aliphatic rings. The van der Waals surface area contributed by atoms with Gasteiger partial charge in [0.1, 0.15) is 29.0 Å². The molecule has 0 amide bonds.